The minimum Gasteiger partial charge on any atom is -0.495 e. The molecule has 0 radical (unpaired) electrons. The van der Waals surface area contributed by atoms with E-state index in [1.165, 1.54) is 5.57 Å². The molecule has 0 amide bonds. The summed E-state index contributed by atoms with van der Waals surface area (Å²) in [5.74, 6) is 1.19. The number of allylic oxidation sites excluding steroid dienone is 3. The fraction of sp³-hybridized carbons (Fsp3) is 0.222. The quantitative estimate of drug-likeness (QED) is 0.864. The number of methoxy groups -OCH3 is 1. The molecule has 2 N–H and O–H groups in total. The topological polar surface area (TPSA) is 38.5 Å². The van der Waals surface area contributed by atoms with Crippen molar-refractivity contribution in [2.75, 3.05) is 19.9 Å². The molecule has 0 aromatic heterocycles. The highest BCUT2D eigenvalue weighted by Crippen LogP contribution is 2.28. The summed E-state index contributed by atoms with van der Waals surface area (Å²) >= 11 is 0. The maximum Gasteiger partial charge on any atom is 0.141 e. The largest absolute Gasteiger partial charge is 0.495 e. The molecule has 2 atom stereocenters. The number of nitrogen functional groups attached to an aromatic ring is 1. The van der Waals surface area contributed by atoms with Gasteiger partial charge in [-0.2, -0.15) is 0 Å². The van der Waals surface area contributed by atoms with Gasteiger partial charge in [-0.05, 0) is 29.5 Å². The number of rotatable bonds is 3. The molecule has 1 aromatic rings. The van der Waals surface area contributed by atoms with Crippen molar-refractivity contribution in [3.63, 3.8) is 0 Å². The summed E-state index contributed by atoms with van der Waals surface area (Å²) in [5, 5.41) is 0. The molecule has 3 heteroatoms. The van der Waals surface area contributed by atoms with Crippen LogP contribution < -0.4 is 10.5 Å². The lowest BCUT2D eigenvalue weighted by atomic mass is 9.92. The maximum absolute atomic E-state index is 5.92. The Labute approximate surface area is 125 Å². The highest BCUT2D eigenvalue weighted by Gasteiger charge is 2.24. The van der Waals surface area contributed by atoms with Crippen LogP contribution in [0.3, 0.4) is 0 Å². The molecule has 1 aliphatic heterocycles. The van der Waals surface area contributed by atoms with E-state index in [-0.39, 0.29) is 0 Å². The highest BCUT2D eigenvalue weighted by atomic mass is 16.5. The first-order chi connectivity index (χ1) is 10.2. The molecule has 3 nitrogen and oxygen atoms in total. The summed E-state index contributed by atoms with van der Waals surface area (Å²) < 4.78 is 5.17. The summed E-state index contributed by atoms with van der Waals surface area (Å²) in [5.41, 5.74) is 8.88. The van der Waals surface area contributed by atoms with Gasteiger partial charge in [0.2, 0.25) is 0 Å². The van der Waals surface area contributed by atoms with Gasteiger partial charge < -0.3 is 15.4 Å². The molecule has 108 valence electrons. The van der Waals surface area contributed by atoms with Crippen molar-refractivity contribution in [3.05, 3.63) is 65.9 Å². The molecule has 2 unspecified atom stereocenters. The number of benzene rings is 1. The van der Waals surface area contributed by atoms with Crippen LogP contribution in [0.4, 0.5) is 5.69 Å². The van der Waals surface area contributed by atoms with E-state index in [1.807, 2.05) is 18.2 Å². The molecule has 1 aliphatic carbocycles. The van der Waals surface area contributed by atoms with Gasteiger partial charge in [-0.15, -0.1) is 0 Å². The molecule has 21 heavy (non-hydrogen) atoms. The van der Waals surface area contributed by atoms with Crippen LogP contribution in [-0.2, 0) is 0 Å². The van der Waals surface area contributed by atoms with Gasteiger partial charge in [-0.1, -0.05) is 42.5 Å². The molecule has 0 saturated heterocycles. The Kier molecular flexibility index (Phi) is 3.57. The molecule has 1 aromatic carbocycles. The summed E-state index contributed by atoms with van der Waals surface area (Å²) in [4.78, 5) is 2.24. The number of anilines is 1. The van der Waals surface area contributed by atoms with Crippen LogP contribution in [0.2, 0.25) is 0 Å². The number of fused-ring (bicyclic) bond motifs is 1. The van der Waals surface area contributed by atoms with Crippen molar-refractivity contribution in [2.24, 2.45) is 5.92 Å². The first kappa shape index (κ1) is 13.6. The number of ether oxygens (including phenoxy) is 1. The molecule has 0 bridgehead atoms. The molecular formula is C18H20N2O. The van der Waals surface area contributed by atoms with Gasteiger partial charge in [0.15, 0.2) is 0 Å². The van der Waals surface area contributed by atoms with E-state index in [4.69, 9.17) is 10.5 Å². The standard InChI is InChI=1S/C18H20N2O/c1-20-10-9-15-11-13(5-7-17(15)20)3-4-14-6-8-18(21-2)16(19)12-14/h3-12,15,17H,19H2,1-2H3/b4-3-. The highest BCUT2D eigenvalue weighted by molar-refractivity contribution is 5.63. The second kappa shape index (κ2) is 5.52. The first-order valence-electron chi connectivity index (χ1n) is 7.09. The fourth-order valence-electron chi connectivity index (χ4n) is 2.79. The smallest absolute Gasteiger partial charge is 0.141 e. The summed E-state index contributed by atoms with van der Waals surface area (Å²) in [6, 6.07) is 6.29. The van der Waals surface area contributed by atoms with Gasteiger partial charge in [0.05, 0.1) is 18.8 Å². The van der Waals surface area contributed by atoms with E-state index in [1.54, 1.807) is 7.11 Å². The Morgan fingerprint density at radius 2 is 2.10 bits per heavy atom. The number of likely N-dealkylation sites (N-methyl/N-ethyl adjacent to an activating group) is 1. The van der Waals surface area contributed by atoms with Crippen molar-refractivity contribution in [1.29, 1.82) is 0 Å². The SMILES string of the molecule is COc1ccc(/C=C\C2=CC3C=CN(C)C3C=C2)cc1N. The molecule has 1 heterocycles. The zero-order chi connectivity index (χ0) is 14.8. The Hall–Kier alpha value is -2.42. The van der Waals surface area contributed by atoms with E-state index in [2.05, 4.69) is 54.6 Å². The van der Waals surface area contributed by atoms with Gasteiger partial charge in [-0.3, -0.25) is 0 Å². The summed E-state index contributed by atoms with van der Waals surface area (Å²) in [6.45, 7) is 0. The second-order valence-electron chi connectivity index (χ2n) is 5.44. The van der Waals surface area contributed by atoms with E-state index in [9.17, 15) is 0 Å². The monoisotopic (exact) mass is 280 g/mol. The molecule has 3 rings (SSSR count). The Balaban J connectivity index is 1.75. The van der Waals surface area contributed by atoms with Crippen LogP contribution in [0.15, 0.2) is 60.4 Å². The number of hydrogen-bond acceptors (Lipinski definition) is 3. The number of nitrogens with two attached hydrogens (primary N) is 1. The van der Waals surface area contributed by atoms with Gasteiger partial charge in [0, 0.05) is 13.0 Å². The summed E-state index contributed by atoms with van der Waals surface area (Å²) in [7, 11) is 3.74. The van der Waals surface area contributed by atoms with Gasteiger partial charge >= 0.3 is 0 Å². The Morgan fingerprint density at radius 3 is 2.86 bits per heavy atom. The fourth-order valence-corrected chi connectivity index (χ4v) is 2.79. The average Bonchev–Trinajstić information content (AvgIpc) is 2.86. The lowest BCUT2D eigenvalue weighted by Gasteiger charge is -2.24. The minimum atomic E-state index is 0.471. The molecule has 0 spiro atoms. The van der Waals surface area contributed by atoms with Crippen LogP contribution in [0.1, 0.15) is 5.56 Å². The third kappa shape index (κ3) is 2.72. The normalized spacial score (nSPS) is 23.5. The van der Waals surface area contributed by atoms with Gasteiger partial charge in [0.25, 0.3) is 0 Å². The number of nitrogens with zero attached hydrogens (tertiary/aromatic N) is 1. The van der Waals surface area contributed by atoms with Crippen molar-refractivity contribution < 1.29 is 4.74 Å². The third-order valence-corrected chi connectivity index (χ3v) is 4.00. The maximum atomic E-state index is 5.92. The van der Waals surface area contributed by atoms with Crippen molar-refractivity contribution in [1.82, 2.24) is 4.90 Å². The number of hydrogen-bond donors (Lipinski definition) is 1. The van der Waals surface area contributed by atoms with Gasteiger partial charge in [0.1, 0.15) is 5.75 Å². The third-order valence-electron chi connectivity index (χ3n) is 4.00. The lowest BCUT2D eigenvalue weighted by Crippen LogP contribution is -2.27. The molecular weight excluding hydrogens is 260 g/mol. The predicted octanol–water partition coefficient (Wildman–Crippen LogP) is 3.23. The van der Waals surface area contributed by atoms with Crippen molar-refractivity contribution >= 4 is 11.8 Å². The molecule has 0 fully saturated rings. The van der Waals surface area contributed by atoms with Crippen molar-refractivity contribution in [3.8, 4) is 5.75 Å². The second-order valence-corrected chi connectivity index (χ2v) is 5.44. The average molecular weight is 280 g/mol. The summed E-state index contributed by atoms with van der Waals surface area (Å²) in [6.07, 6.45) is 15.3. The van der Waals surface area contributed by atoms with Crippen LogP contribution in [-0.4, -0.2) is 25.1 Å². The zero-order valence-corrected chi connectivity index (χ0v) is 12.4. The van der Waals surface area contributed by atoms with Crippen LogP contribution >= 0.6 is 0 Å². The van der Waals surface area contributed by atoms with E-state index in [0.717, 1.165) is 5.56 Å². The Morgan fingerprint density at radius 1 is 1.24 bits per heavy atom. The lowest BCUT2D eigenvalue weighted by molar-refractivity contribution is 0.380. The van der Waals surface area contributed by atoms with E-state index < -0.39 is 0 Å². The van der Waals surface area contributed by atoms with Crippen LogP contribution in [0.25, 0.3) is 6.08 Å². The van der Waals surface area contributed by atoms with Crippen LogP contribution in [0.5, 0.6) is 5.75 Å². The van der Waals surface area contributed by atoms with Crippen molar-refractivity contribution in [2.45, 2.75) is 6.04 Å². The molecule has 2 aliphatic rings. The van der Waals surface area contributed by atoms with E-state index >= 15 is 0 Å². The van der Waals surface area contributed by atoms with Gasteiger partial charge in [-0.25, -0.2) is 0 Å². The molecule has 0 saturated carbocycles. The predicted molar refractivity (Wildman–Crippen MR) is 87.8 cm³/mol. The first-order valence-corrected chi connectivity index (χ1v) is 7.09. The Bertz CT molecular complexity index is 655. The minimum absolute atomic E-state index is 0.471. The van der Waals surface area contributed by atoms with E-state index in [0.29, 0.717) is 23.4 Å². The zero-order valence-electron chi connectivity index (χ0n) is 12.4. The van der Waals surface area contributed by atoms with Crippen LogP contribution in [0, 0.1) is 5.92 Å².